The molecule has 1 aromatic rings. The lowest BCUT2D eigenvalue weighted by Gasteiger charge is -2.14. The largest absolute Gasteiger partial charge is 0.381 e. The zero-order chi connectivity index (χ0) is 13.5. The van der Waals surface area contributed by atoms with E-state index >= 15 is 0 Å². The van der Waals surface area contributed by atoms with Gasteiger partial charge in [0.25, 0.3) is 0 Å². The Labute approximate surface area is 121 Å². The maximum absolute atomic E-state index is 5.88. The molecule has 19 heavy (non-hydrogen) atoms. The van der Waals surface area contributed by atoms with E-state index in [2.05, 4.69) is 24.4 Å². The minimum absolute atomic E-state index is 0.490. The van der Waals surface area contributed by atoms with Crippen molar-refractivity contribution in [3.8, 4) is 0 Å². The van der Waals surface area contributed by atoms with E-state index in [4.69, 9.17) is 16.3 Å². The molecule has 1 fully saturated rings. The Kier molecular flexibility index (Phi) is 6.15. The SMILES string of the molecule is CC(Cc1ccc(Cl)cc1)NCCCOCC1CC1. The van der Waals surface area contributed by atoms with Gasteiger partial charge in [-0.05, 0) is 62.8 Å². The lowest BCUT2D eigenvalue weighted by atomic mass is 10.1. The summed E-state index contributed by atoms with van der Waals surface area (Å²) < 4.78 is 5.62. The fraction of sp³-hybridized carbons (Fsp3) is 0.625. The van der Waals surface area contributed by atoms with Crippen LogP contribution in [0.25, 0.3) is 0 Å². The molecule has 0 heterocycles. The monoisotopic (exact) mass is 281 g/mol. The second kappa shape index (κ2) is 7.88. The Morgan fingerprint density at radius 2 is 2.05 bits per heavy atom. The van der Waals surface area contributed by atoms with Crippen LogP contribution in [0.3, 0.4) is 0 Å². The van der Waals surface area contributed by atoms with E-state index < -0.39 is 0 Å². The molecule has 1 N–H and O–H groups in total. The molecule has 1 aliphatic carbocycles. The number of ether oxygens (including phenoxy) is 1. The number of hydrogen-bond acceptors (Lipinski definition) is 2. The van der Waals surface area contributed by atoms with Gasteiger partial charge in [0.2, 0.25) is 0 Å². The Morgan fingerprint density at radius 3 is 2.74 bits per heavy atom. The van der Waals surface area contributed by atoms with E-state index in [1.807, 2.05) is 12.1 Å². The number of halogens is 1. The van der Waals surface area contributed by atoms with E-state index in [1.54, 1.807) is 0 Å². The maximum Gasteiger partial charge on any atom is 0.0494 e. The van der Waals surface area contributed by atoms with Crippen LogP contribution >= 0.6 is 11.6 Å². The molecule has 1 aliphatic rings. The molecular formula is C16H24ClNO. The summed E-state index contributed by atoms with van der Waals surface area (Å²) in [7, 11) is 0. The molecule has 0 spiro atoms. The van der Waals surface area contributed by atoms with Crippen molar-refractivity contribution in [2.24, 2.45) is 5.92 Å². The third-order valence-electron chi connectivity index (χ3n) is 3.46. The van der Waals surface area contributed by atoms with Crippen molar-refractivity contribution < 1.29 is 4.74 Å². The first kappa shape index (κ1) is 14.8. The molecule has 1 atom stereocenters. The van der Waals surface area contributed by atoms with Gasteiger partial charge in [-0.1, -0.05) is 23.7 Å². The van der Waals surface area contributed by atoms with Crippen molar-refractivity contribution in [2.45, 2.75) is 38.6 Å². The van der Waals surface area contributed by atoms with Gasteiger partial charge < -0.3 is 10.1 Å². The van der Waals surface area contributed by atoms with E-state index in [1.165, 1.54) is 18.4 Å². The number of hydrogen-bond donors (Lipinski definition) is 1. The average molecular weight is 282 g/mol. The molecule has 2 rings (SSSR count). The van der Waals surface area contributed by atoms with Crippen molar-refractivity contribution in [3.63, 3.8) is 0 Å². The molecule has 1 unspecified atom stereocenters. The van der Waals surface area contributed by atoms with Crippen LogP contribution in [0.1, 0.15) is 31.7 Å². The van der Waals surface area contributed by atoms with E-state index in [-0.39, 0.29) is 0 Å². The van der Waals surface area contributed by atoms with Gasteiger partial charge in [-0.3, -0.25) is 0 Å². The summed E-state index contributed by atoms with van der Waals surface area (Å²) in [4.78, 5) is 0. The second-order valence-corrected chi connectivity index (χ2v) is 5.99. The Morgan fingerprint density at radius 1 is 1.32 bits per heavy atom. The Balaban J connectivity index is 1.51. The van der Waals surface area contributed by atoms with Gasteiger partial charge >= 0.3 is 0 Å². The predicted octanol–water partition coefficient (Wildman–Crippen LogP) is 3.68. The summed E-state index contributed by atoms with van der Waals surface area (Å²) in [6.45, 7) is 5.11. The van der Waals surface area contributed by atoms with Gasteiger partial charge in [-0.2, -0.15) is 0 Å². The first-order valence-corrected chi connectivity index (χ1v) is 7.67. The quantitative estimate of drug-likeness (QED) is 0.697. The molecule has 1 saturated carbocycles. The molecule has 0 amide bonds. The van der Waals surface area contributed by atoms with Gasteiger partial charge in [0.1, 0.15) is 0 Å². The summed E-state index contributed by atoms with van der Waals surface area (Å²) in [5.74, 6) is 0.872. The third kappa shape index (κ3) is 6.42. The van der Waals surface area contributed by atoms with Gasteiger partial charge in [0.05, 0.1) is 0 Å². The minimum atomic E-state index is 0.490. The molecule has 0 aliphatic heterocycles. The highest BCUT2D eigenvalue weighted by Gasteiger charge is 2.20. The maximum atomic E-state index is 5.88. The highest BCUT2D eigenvalue weighted by atomic mass is 35.5. The standard InChI is InChI=1S/C16H24ClNO/c1-13(11-14-5-7-16(17)8-6-14)18-9-2-10-19-12-15-3-4-15/h5-8,13,15,18H,2-4,9-12H2,1H3. The van der Waals surface area contributed by atoms with Crippen molar-refractivity contribution >= 4 is 11.6 Å². The van der Waals surface area contributed by atoms with Crippen LogP contribution in [0, 0.1) is 5.92 Å². The van der Waals surface area contributed by atoms with E-state index in [9.17, 15) is 0 Å². The molecular weight excluding hydrogens is 258 g/mol. The summed E-state index contributed by atoms with van der Waals surface area (Å²) >= 11 is 5.88. The normalized spacial score (nSPS) is 16.5. The number of rotatable bonds is 9. The molecule has 1 aromatic carbocycles. The lowest BCUT2D eigenvalue weighted by Crippen LogP contribution is -2.29. The molecule has 0 bridgehead atoms. The van der Waals surface area contributed by atoms with Crippen LogP contribution in [0.4, 0.5) is 0 Å². The molecule has 106 valence electrons. The number of benzene rings is 1. The molecule has 0 radical (unpaired) electrons. The van der Waals surface area contributed by atoms with Crippen molar-refractivity contribution in [1.82, 2.24) is 5.32 Å². The zero-order valence-corrected chi connectivity index (χ0v) is 12.5. The summed E-state index contributed by atoms with van der Waals surface area (Å²) in [6.07, 6.45) is 4.88. The Hall–Kier alpha value is -0.570. The van der Waals surface area contributed by atoms with Crippen molar-refractivity contribution in [3.05, 3.63) is 34.9 Å². The summed E-state index contributed by atoms with van der Waals surface area (Å²) in [6, 6.07) is 8.59. The first-order chi connectivity index (χ1) is 9.24. The van der Waals surface area contributed by atoms with Crippen LogP contribution in [0.5, 0.6) is 0 Å². The van der Waals surface area contributed by atoms with Crippen molar-refractivity contribution in [2.75, 3.05) is 19.8 Å². The third-order valence-corrected chi connectivity index (χ3v) is 3.72. The summed E-state index contributed by atoms with van der Waals surface area (Å²) in [5, 5.41) is 4.34. The predicted molar refractivity (Wildman–Crippen MR) is 80.8 cm³/mol. The Bertz CT molecular complexity index is 362. The second-order valence-electron chi connectivity index (χ2n) is 5.56. The van der Waals surface area contributed by atoms with Crippen LogP contribution < -0.4 is 5.32 Å². The minimum Gasteiger partial charge on any atom is -0.381 e. The highest BCUT2D eigenvalue weighted by molar-refractivity contribution is 6.30. The van der Waals surface area contributed by atoms with Gasteiger partial charge in [-0.25, -0.2) is 0 Å². The fourth-order valence-corrected chi connectivity index (χ4v) is 2.23. The first-order valence-electron chi connectivity index (χ1n) is 7.29. The van der Waals surface area contributed by atoms with Gasteiger partial charge in [0, 0.05) is 24.3 Å². The lowest BCUT2D eigenvalue weighted by molar-refractivity contribution is 0.121. The molecule has 3 heteroatoms. The van der Waals surface area contributed by atoms with Crippen LogP contribution in [0.15, 0.2) is 24.3 Å². The molecule has 0 aromatic heterocycles. The topological polar surface area (TPSA) is 21.3 Å². The van der Waals surface area contributed by atoms with Crippen LogP contribution in [0.2, 0.25) is 5.02 Å². The smallest absolute Gasteiger partial charge is 0.0494 e. The van der Waals surface area contributed by atoms with Crippen LogP contribution in [-0.4, -0.2) is 25.8 Å². The molecule has 0 saturated heterocycles. The zero-order valence-electron chi connectivity index (χ0n) is 11.7. The molecule has 2 nitrogen and oxygen atoms in total. The van der Waals surface area contributed by atoms with Gasteiger partial charge in [-0.15, -0.1) is 0 Å². The average Bonchev–Trinajstić information content (AvgIpc) is 3.20. The van der Waals surface area contributed by atoms with E-state index in [0.717, 1.165) is 43.5 Å². The van der Waals surface area contributed by atoms with E-state index in [0.29, 0.717) is 6.04 Å². The summed E-state index contributed by atoms with van der Waals surface area (Å²) in [5.41, 5.74) is 1.33. The van der Waals surface area contributed by atoms with Crippen LogP contribution in [-0.2, 0) is 11.2 Å². The number of nitrogens with one attached hydrogen (secondary N) is 1. The fourth-order valence-electron chi connectivity index (χ4n) is 2.10. The van der Waals surface area contributed by atoms with Crippen molar-refractivity contribution in [1.29, 1.82) is 0 Å². The highest BCUT2D eigenvalue weighted by Crippen LogP contribution is 2.28. The van der Waals surface area contributed by atoms with Gasteiger partial charge in [0.15, 0.2) is 0 Å².